The summed E-state index contributed by atoms with van der Waals surface area (Å²) in [6, 6.07) is 25.5. The number of nitrogens with one attached hydrogen (secondary N) is 10. The highest BCUT2D eigenvalue weighted by atomic mass is 32.2. The van der Waals surface area contributed by atoms with Gasteiger partial charge < -0.3 is 30.7 Å². The van der Waals surface area contributed by atoms with Gasteiger partial charge in [0.15, 0.2) is 24.8 Å². The molecule has 0 aliphatic carbocycles. The van der Waals surface area contributed by atoms with E-state index in [-0.39, 0.29) is 33.5 Å². The summed E-state index contributed by atoms with van der Waals surface area (Å²) in [5.41, 5.74) is 15.1. The molecule has 10 N–H and O–H groups in total. The highest BCUT2D eigenvalue weighted by molar-refractivity contribution is 7.93. The van der Waals surface area contributed by atoms with Gasteiger partial charge in [-0.05, 0) is 149 Å². The molecule has 91 heavy (non-hydrogen) atoms. The summed E-state index contributed by atoms with van der Waals surface area (Å²) >= 11 is 0. The summed E-state index contributed by atoms with van der Waals surface area (Å²) in [5.74, 6) is -4.09. The van der Waals surface area contributed by atoms with Gasteiger partial charge in [0.2, 0.25) is 5.91 Å². The van der Waals surface area contributed by atoms with Crippen molar-refractivity contribution < 1.29 is 64.2 Å². The van der Waals surface area contributed by atoms with E-state index in [0.29, 0.717) is 116 Å². The minimum absolute atomic E-state index is 0.0231. The van der Waals surface area contributed by atoms with Crippen molar-refractivity contribution in [3.8, 4) is 0 Å². The lowest BCUT2D eigenvalue weighted by Crippen LogP contribution is -2.43. The molecule has 2 fully saturated rings. The summed E-state index contributed by atoms with van der Waals surface area (Å²) < 4.78 is 74.7. The molecule has 26 nitrogen and oxygen atoms in total. The SMILES string of the molecule is Cc1ccc(S(=O)(=O)Nc2ccc(NNC(=O)C(=O)NCCCN3CCOCC3)cc2)c(C)c1NC(=O)Cc1ccc[n+](CCCC[n+]2cccc(C(=O)Nc3c(C)ccc(S(=O)(=O)Nc4ccc(NNC(=O)C(=O)NCCCN5CCOCC5)cc4)c3C)c2)c1. The number of amides is 6. The smallest absolute Gasteiger partial charge is 0.327 e. The lowest BCUT2D eigenvalue weighted by Gasteiger charge is -2.26. The van der Waals surface area contributed by atoms with Crippen LogP contribution in [0.3, 0.4) is 0 Å². The molecule has 6 amide bonds. The Morgan fingerprint density at radius 1 is 0.495 bits per heavy atom. The van der Waals surface area contributed by atoms with Gasteiger partial charge in [-0.25, -0.2) is 26.0 Å². The van der Waals surface area contributed by atoms with Gasteiger partial charge in [0, 0.05) is 92.6 Å². The first-order valence-electron chi connectivity index (χ1n) is 30.0. The first-order chi connectivity index (χ1) is 43.7. The standard InChI is InChI=1S/C63H78N14O12S2/c1-44-13-23-54(90(84,85)72-52-19-15-50(16-20-52)68-70-62(82)60(80)64-25-9-31-74-33-37-88-38-34-74)46(3)57(44)66-56(78)41-48-11-7-29-76(42-48)27-5-6-28-77-30-8-12-49(43-77)59(79)67-58-45(2)14-24-55(47(58)4)91(86,87)73-53-21-17-51(18-22-53)69-71-63(83)61(81)65-26-10-32-75-35-39-89-40-36-75/h7-8,11-24,29-30,42-43H,5-6,9-10,25-28,31-41H2,1-4H3,(H8-2,64,65,66,67,68,69,70,71,72,73,78,79,80,81,82,83)/p+2. The maximum Gasteiger partial charge on any atom is 0.327 e. The van der Waals surface area contributed by atoms with Crippen LogP contribution in [0.25, 0.3) is 0 Å². The van der Waals surface area contributed by atoms with Crippen LogP contribution in [-0.2, 0) is 73.0 Å². The number of hydrogen-bond acceptors (Lipinski definition) is 16. The molecule has 6 aromatic rings. The van der Waals surface area contributed by atoms with Gasteiger partial charge in [0.05, 0.1) is 54.0 Å². The van der Waals surface area contributed by atoms with E-state index >= 15 is 0 Å². The first kappa shape index (κ1) is 67.9. The van der Waals surface area contributed by atoms with Crippen molar-refractivity contribution >= 4 is 89.6 Å². The van der Waals surface area contributed by atoms with Crippen LogP contribution in [0.15, 0.2) is 132 Å². The van der Waals surface area contributed by atoms with Crippen LogP contribution in [0.1, 0.15) is 63.9 Å². The molecule has 8 rings (SSSR count). The van der Waals surface area contributed by atoms with Crippen molar-refractivity contribution in [2.24, 2.45) is 0 Å². The number of hydrogen-bond donors (Lipinski definition) is 10. The Balaban J connectivity index is 0.759. The molecule has 0 unspecified atom stereocenters. The summed E-state index contributed by atoms with van der Waals surface area (Å²) in [4.78, 5) is 81.0. The van der Waals surface area contributed by atoms with E-state index in [0.717, 1.165) is 57.7 Å². The first-order valence-corrected chi connectivity index (χ1v) is 33.0. The van der Waals surface area contributed by atoms with E-state index in [9.17, 15) is 45.6 Å². The quantitative estimate of drug-likeness (QED) is 0.0145. The van der Waals surface area contributed by atoms with Crippen LogP contribution in [0.4, 0.5) is 34.1 Å². The molecule has 0 spiro atoms. The van der Waals surface area contributed by atoms with Gasteiger partial charge in [-0.3, -0.25) is 69.7 Å². The van der Waals surface area contributed by atoms with Gasteiger partial charge in [-0.15, -0.1) is 0 Å². The van der Waals surface area contributed by atoms with E-state index in [2.05, 4.69) is 62.2 Å². The van der Waals surface area contributed by atoms with Crippen molar-refractivity contribution in [1.82, 2.24) is 31.3 Å². The van der Waals surface area contributed by atoms with Crippen molar-refractivity contribution in [3.63, 3.8) is 0 Å². The van der Waals surface area contributed by atoms with Crippen molar-refractivity contribution in [3.05, 3.63) is 155 Å². The Morgan fingerprint density at radius 2 is 0.923 bits per heavy atom. The van der Waals surface area contributed by atoms with Gasteiger partial charge in [0.25, 0.3) is 26.0 Å². The monoisotopic (exact) mass is 1290 g/mol. The molecule has 2 aliphatic heterocycles. The van der Waals surface area contributed by atoms with E-state index in [4.69, 9.17) is 9.47 Å². The third kappa shape index (κ3) is 20.2. The van der Waals surface area contributed by atoms with Crippen molar-refractivity contribution in [2.75, 3.05) is 110 Å². The second kappa shape index (κ2) is 32.6. The minimum atomic E-state index is -4.15. The largest absolute Gasteiger partial charge is 0.379 e. The van der Waals surface area contributed by atoms with E-state index in [1.54, 1.807) is 58.2 Å². The average molecular weight is 1290 g/mol. The van der Waals surface area contributed by atoms with Gasteiger partial charge in [-0.1, -0.05) is 12.1 Å². The molecule has 4 heterocycles. The number of pyridine rings is 2. The molecule has 484 valence electrons. The topological polar surface area (TPSA) is 324 Å². The molecule has 4 aromatic carbocycles. The van der Waals surface area contributed by atoms with Gasteiger partial charge in [0.1, 0.15) is 18.7 Å². The Bertz CT molecular complexity index is 3790. The van der Waals surface area contributed by atoms with E-state index in [1.165, 1.54) is 60.7 Å². The third-order valence-corrected chi connectivity index (χ3v) is 18.3. The van der Waals surface area contributed by atoms with E-state index < -0.39 is 49.6 Å². The Hall–Kier alpha value is -9.06. The van der Waals surface area contributed by atoms with Crippen molar-refractivity contribution in [2.45, 2.75) is 82.7 Å². The molecule has 28 heteroatoms. The fraction of sp³-hybridized carbons (Fsp3) is 0.365. The maximum atomic E-state index is 13.8. The second-order valence-corrected chi connectivity index (χ2v) is 25.4. The fourth-order valence-electron chi connectivity index (χ4n) is 10.2. The van der Waals surface area contributed by atoms with Crippen LogP contribution < -0.4 is 61.5 Å². The van der Waals surface area contributed by atoms with Gasteiger partial charge in [-0.2, -0.15) is 0 Å². The van der Waals surface area contributed by atoms with Crippen molar-refractivity contribution in [1.29, 1.82) is 0 Å². The van der Waals surface area contributed by atoms with Crippen LogP contribution in [-0.4, -0.2) is 141 Å². The molecule has 2 saturated heterocycles. The summed E-state index contributed by atoms with van der Waals surface area (Å²) in [7, 11) is -8.28. The summed E-state index contributed by atoms with van der Waals surface area (Å²) in [6.45, 7) is 16.3. The van der Waals surface area contributed by atoms with Gasteiger partial charge >= 0.3 is 23.6 Å². The molecular formula is C63H80N14O12S2+2. The number of rotatable bonds is 28. The Labute approximate surface area is 530 Å². The highest BCUT2D eigenvalue weighted by Crippen LogP contribution is 2.31. The second-order valence-electron chi connectivity index (χ2n) is 22.1. The normalized spacial score (nSPS) is 13.7. The summed E-state index contributed by atoms with van der Waals surface area (Å²) in [5, 5.41) is 11.1. The number of hydrazine groups is 2. The zero-order valence-electron chi connectivity index (χ0n) is 51.5. The number of morpholine rings is 2. The Kier molecular flexibility index (Phi) is 24.3. The molecular weight excluding hydrogens is 1210 g/mol. The summed E-state index contributed by atoms with van der Waals surface area (Å²) in [6.07, 6.45) is 10.3. The number of carbonyl (C=O) groups is 6. The molecule has 0 bridgehead atoms. The lowest BCUT2D eigenvalue weighted by atomic mass is 10.1. The molecule has 2 aliphatic rings. The zero-order valence-corrected chi connectivity index (χ0v) is 53.1. The number of benzene rings is 4. The Morgan fingerprint density at radius 3 is 1.40 bits per heavy atom. The molecule has 0 atom stereocenters. The average Bonchev–Trinajstić information content (AvgIpc) is 0.978. The van der Waals surface area contributed by atoms with Crippen LogP contribution in [0.5, 0.6) is 0 Å². The lowest BCUT2D eigenvalue weighted by molar-refractivity contribution is -0.708. The van der Waals surface area contributed by atoms with Crippen LogP contribution >= 0.6 is 0 Å². The zero-order chi connectivity index (χ0) is 64.9. The number of aromatic nitrogens is 2. The number of anilines is 6. The van der Waals surface area contributed by atoms with E-state index in [1.807, 2.05) is 39.9 Å². The maximum absolute atomic E-state index is 13.8. The predicted molar refractivity (Wildman–Crippen MR) is 342 cm³/mol. The number of carbonyl (C=O) groups excluding carboxylic acids is 6. The highest BCUT2D eigenvalue weighted by Gasteiger charge is 2.25. The number of aryl methyl sites for hydroxylation is 4. The number of nitrogens with zero attached hydrogens (tertiary/aromatic N) is 4. The third-order valence-electron chi connectivity index (χ3n) is 15.2. The molecule has 0 saturated carbocycles. The predicted octanol–water partition coefficient (Wildman–Crippen LogP) is 3.57. The van der Waals surface area contributed by atoms with Crippen LogP contribution in [0, 0.1) is 27.7 Å². The number of ether oxygens (including phenoxy) is 2. The van der Waals surface area contributed by atoms with Crippen LogP contribution in [0.2, 0.25) is 0 Å². The minimum Gasteiger partial charge on any atom is -0.379 e. The fourth-order valence-corrected chi connectivity index (χ4v) is 12.9. The molecule has 2 aromatic heterocycles. The molecule has 0 radical (unpaired) electrons. The number of sulfonamides is 2. The number of unbranched alkanes of at least 4 members (excludes halogenated alkanes) is 1.